The zero-order valence-corrected chi connectivity index (χ0v) is 20.9. The number of carbonyl (C=O) groups excluding carboxylic acids is 1. The summed E-state index contributed by atoms with van der Waals surface area (Å²) in [5, 5.41) is 12.2. The average molecular weight is 514 g/mol. The van der Waals surface area contributed by atoms with Gasteiger partial charge in [0.25, 0.3) is 0 Å². The van der Waals surface area contributed by atoms with Gasteiger partial charge >= 0.3 is 11.7 Å². The van der Waals surface area contributed by atoms with Gasteiger partial charge in [-0.05, 0) is 24.6 Å². The number of piperazine rings is 2. The van der Waals surface area contributed by atoms with Crippen molar-refractivity contribution in [2.75, 3.05) is 82.1 Å². The van der Waals surface area contributed by atoms with Crippen molar-refractivity contribution in [3.63, 3.8) is 0 Å². The molecule has 13 heteroatoms. The number of nitrogens with zero attached hydrogens (tertiary/aromatic N) is 7. The van der Waals surface area contributed by atoms with Crippen molar-refractivity contribution in [1.82, 2.24) is 19.8 Å². The van der Waals surface area contributed by atoms with Gasteiger partial charge in [0.1, 0.15) is 6.33 Å². The fraction of sp³-hybridized carbons (Fsp3) is 0.542. The van der Waals surface area contributed by atoms with Crippen LogP contribution in [0, 0.1) is 10.1 Å². The second kappa shape index (κ2) is 11.1. The Balaban J connectivity index is 1.22. The molecule has 0 bridgehead atoms. The van der Waals surface area contributed by atoms with Gasteiger partial charge in [0.2, 0.25) is 18.4 Å². The first-order chi connectivity index (χ1) is 18.0. The molecule has 3 aliphatic heterocycles. The number of hydrogen-bond donors (Lipinski definition) is 0. The second-order valence-corrected chi connectivity index (χ2v) is 9.15. The van der Waals surface area contributed by atoms with E-state index in [-0.39, 0.29) is 29.9 Å². The molecule has 2 fully saturated rings. The van der Waals surface area contributed by atoms with Crippen molar-refractivity contribution < 1.29 is 23.9 Å². The van der Waals surface area contributed by atoms with Crippen molar-refractivity contribution in [1.29, 1.82) is 0 Å². The highest BCUT2D eigenvalue weighted by Crippen LogP contribution is 2.36. The van der Waals surface area contributed by atoms with E-state index in [0.29, 0.717) is 57.5 Å². The third-order valence-electron chi connectivity index (χ3n) is 6.81. The van der Waals surface area contributed by atoms with E-state index >= 15 is 0 Å². The van der Waals surface area contributed by atoms with Gasteiger partial charge in [-0.15, -0.1) is 0 Å². The number of nitro groups is 1. The van der Waals surface area contributed by atoms with Gasteiger partial charge in [0.05, 0.1) is 18.1 Å². The molecule has 3 aliphatic rings. The van der Waals surface area contributed by atoms with Crippen molar-refractivity contribution in [2.24, 2.45) is 0 Å². The molecule has 0 saturated carbocycles. The van der Waals surface area contributed by atoms with E-state index in [1.54, 1.807) is 6.92 Å². The quantitative estimate of drug-likeness (QED) is 0.285. The van der Waals surface area contributed by atoms with Crippen LogP contribution < -0.4 is 19.3 Å². The standard InChI is InChI=1S/C24H31N7O6/c1-2-35-21(32)15-28-7-11-30(12-8-28)24-22(31(33)34)23(25-16-26-24)29-9-5-27(6-10-29)14-18-3-4-19-20(13-18)37-17-36-19/h3-4,13,16H,2,5-12,14-15,17H2,1H3. The highest BCUT2D eigenvalue weighted by atomic mass is 16.7. The molecule has 5 rings (SSSR count). The molecule has 0 spiro atoms. The van der Waals surface area contributed by atoms with Crippen molar-refractivity contribution in [3.8, 4) is 11.5 Å². The number of benzene rings is 1. The molecule has 2 aromatic rings. The first-order valence-electron chi connectivity index (χ1n) is 12.5. The lowest BCUT2D eigenvalue weighted by atomic mass is 10.1. The number of carbonyl (C=O) groups is 1. The highest BCUT2D eigenvalue weighted by molar-refractivity contribution is 5.72. The number of fused-ring (bicyclic) bond motifs is 1. The predicted octanol–water partition coefficient (Wildman–Crippen LogP) is 1.12. The van der Waals surface area contributed by atoms with Crippen molar-refractivity contribution in [3.05, 3.63) is 40.2 Å². The minimum Gasteiger partial charge on any atom is -0.465 e. The molecule has 1 aromatic heterocycles. The van der Waals surface area contributed by atoms with Crippen LogP contribution in [0.15, 0.2) is 24.5 Å². The van der Waals surface area contributed by atoms with Crippen LogP contribution >= 0.6 is 0 Å². The van der Waals surface area contributed by atoms with E-state index in [1.165, 1.54) is 6.33 Å². The van der Waals surface area contributed by atoms with E-state index in [0.717, 1.165) is 36.7 Å². The Bertz CT molecular complexity index is 1130. The van der Waals surface area contributed by atoms with Gasteiger partial charge in [-0.25, -0.2) is 9.97 Å². The fourth-order valence-electron chi connectivity index (χ4n) is 4.91. The maximum atomic E-state index is 12.2. The predicted molar refractivity (Wildman–Crippen MR) is 134 cm³/mol. The van der Waals surface area contributed by atoms with Crippen LogP contribution in [0.1, 0.15) is 12.5 Å². The molecule has 0 N–H and O–H groups in total. The largest absolute Gasteiger partial charge is 0.465 e. The van der Waals surface area contributed by atoms with Gasteiger partial charge in [0, 0.05) is 58.9 Å². The minimum absolute atomic E-state index is 0.0643. The zero-order valence-electron chi connectivity index (χ0n) is 20.9. The summed E-state index contributed by atoms with van der Waals surface area (Å²) in [5.41, 5.74) is 1.07. The van der Waals surface area contributed by atoms with Crippen LogP contribution in [0.2, 0.25) is 0 Å². The second-order valence-electron chi connectivity index (χ2n) is 9.15. The Kier molecular flexibility index (Phi) is 7.51. The first kappa shape index (κ1) is 25.0. The van der Waals surface area contributed by atoms with Crippen LogP contribution in [0.25, 0.3) is 0 Å². The molecule has 2 saturated heterocycles. The maximum absolute atomic E-state index is 12.2. The van der Waals surface area contributed by atoms with E-state index in [9.17, 15) is 14.9 Å². The Morgan fingerprint density at radius 1 is 0.973 bits per heavy atom. The van der Waals surface area contributed by atoms with Gasteiger partial charge in [-0.1, -0.05) is 6.07 Å². The van der Waals surface area contributed by atoms with Crippen LogP contribution in [-0.2, 0) is 16.1 Å². The van der Waals surface area contributed by atoms with Crippen LogP contribution in [-0.4, -0.2) is 103 Å². The summed E-state index contributed by atoms with van der Waals surface area (Å²) in [5.74, 6) is 1.95. The highest BCUT2D eigenvalue weighted by Gasteiger charge is 2.33. The maximum Gasteiger partial charge on any atom is 0.353 e. The molecule has 0 radical (unpaired) electrons. The summed E-state index contributed by atoms with van der Waals surface area (Å²) in [4.78, 5) is 40.4. The third kappa shape index (κ3) is 5.67. The summed E-state index contributed by atoms with van der Waals surface area (Å²) in [6, 6.07) is 5.97. The molecular formula is C24H31N7O6. The Hall–Kier alpha value is -3.71. The molecule has 13 nitrogen and oxygen atoms in total. The molecule has 0 unspecified atom stereocenters. The SMILES string of the molecule is CCOC(=O)CN1CCN(c2ncnc(N3CCN(Cc4ccc5c(c4)OCO5)CC3)c2[N+](=O)[O-])CC1. The topological polar surface area (TPSA) is 127 Å². The monoisotopic (exact) mass is 513 g/mol. The van der Waals surface area contributed by atoms with Gasteiger partial charge < -0.3 is 24.0 Å². The summed E-state index contributed by atoms with van der Waals surface area (Å²) < 4.78 is 15.9. The molecule has 1 aromatic carbocycles. The van der Waals surface area contributed by atoms with E-state index in [2.05, 4.69) is 14.9 Å². The number of rotatable bonds is 8. The van der Waals surface area contributed by atoms with Crippen LogP contribution in [0.5, 0.6) is 11.5 Å². The lowest BCUT2D eigenvalue weighted by Crippen LogP contribution is -2.49. The summed E-state index contributed by atoms with van der Waals surface area (Å²) >= 11 is 0. The van der Waals surface area contributed by atoms with E-state index in [1.807, 2.05) is 32.9 Å². The fourth-order valence-corrected chi connectivity index (χ4v) is 4.91. The van der Waals surface area contributed by atoms with Crippen LogP contribution in [0.4, 0.5) is 17.3 Å². The number of hydrogen-bond acceptors (Lipinski definition) is 12. The normalized spacial score (nSPS) is 18.2. The number of anilines is 2. The summed E-state index contributed by atoms with van der Waals surface area (Å²) in [7, 11) is 0. The molecule has 4 heterocycles. The van der Waals surface area contributed by atoms with Crippen molar-refractivity contribution >= 4 is 23.3 Å². The van der Waals surface area contributed by atoms with E-state index in [4.69, 9.17) is 14.2 Å². The summed E-state index contributed by atoms with van der Waals surface area (Å²) in [6.07, 6.45) is 1.40. The first-order valence-corrected chi connectivity index (χ1v) is 12.5. The smallest absolute Gasteiger partial charge is 0.353 e. The number of esters is 1. The lowest BCUT2D eigenvalue weighted by molar-refractivity contribution is -0.383. The van der Waals surface area contributed by atoms with Gasteiger partial charge in [-0.3, -0.25) is 24.7 Å². The molecule has 0 aliphatic carbocycles. The molecule has 37 heavy (non-hydrogen) atoms. The molecular weight excluding hydrogens is 482 g/mol. The van der Waals surface area contributed by atoms with Gasteiger partial charge in [0.15, 0.2) is 11.5 Å². The lowest BCUT2D eigenvalue weighted by Gasteiger charge is -2.36. The Morgan fingerprint density at radius 3 is 2.22 bits per heavy atom. The minimum atomic E-state index is -0.380. The van der Waals surface area contributed by atoms with E-state index < -0.39 is 0 Å². The number of aromatic nitrogens is 2. The van der Waals surface area contributed by atoms with Crippen molar-refractivity contribution in [2.45, 2.75) is 13.5 Å². The Morgan fingerprint density at radius 2 is 1.59 bits per heavy atom. The number of ether oxygens (including phenoxy) is 3. The Labute approximate surface area is 214 Å². The molecule has 0 atom stereocenters. The third-order valence-corrected chi connectivity index (χ3v) is 6.81. The zero-order chi connectivity index (χ0) is 25.8. The van der Waals surface area contributed by atoms with Crippen LogP contribution in [0.3, 0.4) is 0 Å². The molecule has 0 amide bonds. The average Bonchev–Trinajstić information content (AvgIpc) is 3.37. The summed E-state index contributed by atoms with van der Waals surface area (Å²) in [6.45, 7) is 8.33. The van der Waals surface area contributed by atoms with Gasteiger partial charge in [-0.2, -0.15) is 0 Å². The molecule has 198 valence electrons.